The minimum absolute atomic E-state index is 0.0263. The molecular weight excluding hydrogens is 526 g/mol. The summed E-state index contributed by atoms with van der Waals surface area (Å²) < 4.78 is 5.45. The van der Waals surface area contributed by atoms with Crippen LogP contribution >= 0.6 is 0 Å². The van der Waals surface area contributed by atoms with Crippen molar-refractivity contribution in [1.82, 2.24) is 25.8 Å². The first-order valence-corrected chi connectivity index (χ1v) is 14.6. The number of Topliss-reactive ketones (excluding diaryl/α,β-unsaturated/α-hetero) is 1. The fourth-order valence-electron chi connectivity index (χ4n) is 6.73. The van der Waals surface area contributed by atoms with Crippen LogP contribution in [0, 0.1) is 17.8 Å². The minimum Gasteiger partial charge on any atom is -0.496 e. The lowest BCUT2D eigenvalue weighted by molar-refractivity contribution is -0.141. The zero-order valence-corrected chi connectivity index (χ0v) is 23.8. The first-order chi connectivity index (χ1) is 19.7. The highest BCUT2D eigenvalue weighted by Gasteiger charge is 2.49. The van der Waals surface area contributed by atoms with Crippen LogP contribution in [0.2, 0.25) is 0 Å². The number of H-pyrrole nitrogens is 1. The van der Waals surface area contributed by atoms with Gasteiger partial charge in [-0.1, -0.05) is 18.9 Å². The number of aromatic amines is 1. The van der Waals surface area contributed by atoms with Gasteiger partial charge in [0.15, 0.2) is 0 Å². The third kappa shape index (κ3) is 5.80. The van der Waals surface area contributed by atoms with Crippen molar-refractivity contribution in [1.29, 1.82) is 0 Å². The summed E-state index contributed by atoms with van der Waals surface area (Å²) in [4.78, 5) is 71.0. The zero-order valence-electron chi connectivity index (χ0n) is 23.8. The van der Waals surface area contributed by atoms with E-state index in [1.165, 1.54) is 0 Å². The third-order valence-corrected chi connectivity index (χ3v) is 8.70. The van der Waals surface area contributed by atoms with Gasteiger partial charge in [-0.25, -0.2) is 0 Å². The van der Waals surface area contributed by atoms with E-state index >= 15 is 0 Å². The Bertz CT molecular complexity index is 1350. The normalized spacial score (nSPS) is 24.6. The molecule has 2 aromatic rings. The number of hydrogen-bond acceptors (Lipinski definition) is 6. The van der Waals surface area contributed by atoms with Gasteiger partial charge in [0.05, 0.1) is 13.2 Å². The largest absolute Gasteiger partial charge is 0.496 e. The van der Waals surface area contributed by atoms with Crippen molar-refractivity contribution in [2.75, 3.05) is 20.2 Å². The summed E-state index contributed by atoms with van der Waals surface area (Å²) in [5.74, 6) is -2.27. The molecule has 2 aliphatic heterocycles. The number of ether oxygens (including phenoxy) is 1. The summed E-state index contributed by atoms with van der Waals surface area (Å²) in [6, 6.07) is 5.04. The smallest absolute Gasteiger partial charge is 0.289 e. The number of hydrogen-bond donors (Lipinski definition) is 4. The number of rotatable bonds is 9. The highest BCUT2D eigenvalue weighted by Crippen LogP contribution is 2.41. The number of benzene rings is 1. The summed E-state index contributed by atoms with van der Waals surface area (Å²) in [6.45, 7) is 4.41. The second-order valence-corrected chi connectivity index (χ2v) is 11.8. The SMILES string of the molecule is COc1cccc2[nH]c(C(=O)N3C[C@@H]4CCCC[C@@H]4[C@H]3C(=O)NC(C[C@@H]3CCNC3=O)C(=O)C(=O)NC(C)C)cc12. The fourth-order valence-corrected chi connectivity index (χ4v) is 6.73. The summed E-state index contributed by atoms with van der Waals surface area (Å²) in [6.07, 6.45) is 4.25. The van der Waals surface area contributed by atoms with Gasteiger partial charge >= 0.3 is 0 Å². The molecule has 3 aliphatic rings. The van der Waals surface area contributed by atoms with Crippen LogP contribution in [0.1, 0.15) is 62.9 Å². The molecule has 1 aliphatic carbocycles. The quantitative estimate of drug-likeness (QED) is 0.341. The maximum absolute atomic E-state index is 14.0. The molecule has 0 radical (unpaired) electrons. The molecule has 1 unspecified atom stereocenters. The molecule has 3 fully saturated rings. The van der Waals surface area contributed by atoms with Crippen LogP contribution in [0.4, 0.5) is 0 Å². The highest BCUT2D eigenvalue weighted by atomic mass is 16.5. The number of amides is 4. The Morgan fingerprint density at radius 2 is 1.88 bits per heavy atom. The van der Waals surface area contributed by atoms with Crippen molar-refractivity contribution in [2.45, 2.75) is 70.5 Å². The summed E-state index contributed by atoms with van der Waals surface area (Å²) in [7, 11) is 1.57. The number of carbonyl (C=O) groups is 5. The number of nitrogens with one attached hydrogen (secondary N) is 4. The Morgan fingerprint density at radius 1 is 1.10 bits per heavy atom. The molecular formula is C30H39N5O6. The number of methoxy groups -OCH3 is 1. The van der Waals surface area contributed by atoms with Crippen molar-refractivity contribution < 1.29 is 28.7 Å². The van der Waals surface area contributed by atoms with E-state index in [2.05, 4.69) is 20.9 Å². The topological polar surface area (TPSA) is 150 Å². The third-order valence-electron chi connectivity index (χ3n) is 8.70. The van der Waals surface area contributed by atoms with E-state index in [4.69, 9.17) is 4.74 Å². The summed E-state index contributed by atoms with van der Waals surface area (Å²) in [5.41, 5.74) is 1.11. The molecule has 5 atom stereocenters. The van der Waals surface area contributed by atoms with E-state index < -0.39 is 35.6 Å². The highest BCUT2D eigenvalue weighted by molar-refractivity contribution is 6.38. The Labute approximate surface area is 239 Å². The molecule has 2 saturated heterocycles. The Morgan fingerprint density at radius 3 is 2.59 bits per heavy atom. The second-order valence-electron chi connectivity index (χ2n) is 11.8. The van der Waals surface area contributed by atoms with Crippen LogP contribution in [0.25, 0.3) is 10.9 Å². The predicted octanol–water partition coefficient (Wildman–Crippen LogP) is 1.91. The zero-order chi connectivity index (χ0) is 29.3. The monoisotopic (exact) mass is 565 g/mol. The number of carbonyl (C=O) groups excluding carboxylic acids is 5. The number of likely N-dealkylation sites (tertiary alicyclic amines) is 1. The Balaban J connectivity index is 1.42. The first kappa shape index (κ1) is 28.6. The van der Waals surface area contributed by atoms with E-state index in [1.807, 2.05) is 18.2 Å². The molecule has 11 heteroatoms. The molecule has 41 heavy (non-hydrogen) atoms. The second kappa shape index (κ2) is 11.9. The molecule has 5 rings (SSSR count). The van der Waals surface area contributed by atoms with Gasteiger partial charge in [0.1, 0.15) is 17.5 Å². The van der Waals surface area contributed by atoms with Crippen molar-refractivity contribution in [3.63, 3.8) is 0 Å². The summed E-state index contributed by atoms with van der Waals surface area (Å²) >= 11 is 0. The molecule has 4 N–H and O–H groups in total. The molecule has 1 aromatic carbocycles. The van der Waals surface area contributed by atoms with Gasteiger partial charge in [-0.15, -0.1) is 0 Å². The Kier molecular flexibility index (Phi) is 8.32. The number of aromatic nitrogens is 1. The molecule has 1 saturated carbocycles. The lowest BCUT2D eigenvalue weighted by Crippen LogP contribution is -2.55. The maximum Gasteiger partial charge on any atom is 0.289 e. The van der Waals surface area contributed by atoms with E-state index in [0.29, 0.717) is 31.0 Å². The van der Waals surface area contributed by atoms with Crippen LogP contribution in [0.3, 0.4) is 0 Å². The van der Waals surface area contributed by atoms with Gasteiger partial charge in [-0.05, 0) is 69.6 Å². The molecule has 1 aromatic heterocycles. The van der Waals surface area contributed by atoms with Gasteiger partial charge in [0, 0.05) is 36.0 Å². The van der Waals surface area contributed by atoms with Crippen LogP contribution in [0.15, 0.2) is 24.3 Å². The van der Waals surface area contributed by atoms with Gasteiger partial charge in [-0.2, -0.15) is 0 Å². The van der Waals surface area contributed by atoms with Crippen molar-refractivity contribution in [3.8, 4) is 5.75 Å². The molecule has 4 amide bonds. The number of nitrogens with zero attached hydrogens (tertiary/aromatic N) is 1. The van der Waals surface area contributed by atoms with Crippen molar-refractivity contribution in [2.24, 2.45) is 17.8 Å². The maximum atomic E-state index is 14.0. The van der Waals surface area contributed by atoms with Crippen LogP contribution in [-0.4, -0.2) is 77.6 Å². The van der Waals surface area contributed by atoms with E-state index in [0.717, 1.165) is 36.6 Å². The van der Waals surface area contributed by atoms with E-state index in [1.54, 1.807) is 31.9 Å². The molecule has 220 valence electrons. The molecule has 0 spiro atoms. The van der Waals surface area contributed by atoms with Crippen LogP contribution < -0.4 is 20.7 Å². The van der Waals surface area contributed by atoms with Gasteiger partial charge in [-0.3, -0.25) is 24.0 Å². The molecule has 11 nitrogen and oxygen atoms in total. The average molecular weight is 566 g/mol. The summed E-state index contributed by atoms with van der Waals surface area (Å²) in [5, 5.41) is 8.94. The lowest BCUT2D eigenvalue weighted by atomic mass is 9.78. The van der Waals surface area contributed by atoms with Gasteiger partial charge < -0.3 is 30.6 Å². The van der Waals surface area contributed by atoms with Crippen LogP contribution in [-0.2, 0) is 19.2 Å². The molecule has 0 bridgehead atoms. The molecule has 3 heterocycles. The van der Waals surface area contributed by atoms with Crippen LogP contribution in [0.5, 0.6) is 5.75 Å². The van der Waals surface area contributed by atoms with E-state index in [9.17, 15) is 24.0 Å². The average Bonchev–Trinajstić information content (AvgIpc) is 3.67. The lowest BCUT2D eigenvalue weighted by Gasteiger charge is -2.31. The van der Waals surface area contributed by atoms with Crippen molar-refractivity contribution >= 4 is 40.3 Å². The fraction of sp³-hybridized carbons (Fsp3) is 0.567. The predicted molar refractivity (Wildman–Crippen MR) is 151 cm³/mol. The number of ketones is 1. The van der Waals surface area contributed by atoms with Gasteiger partial charge in [0.2, 0.25) is 17.6 Å². The minimum atomic E-state index is -1.17. The first-order valence-electron chi connectivity index (χ1n) is 14.6. The number of fused-ring (bicyclic) bond motifs is 2. The standard InChI is InChI=1S/C30H39N5O6/c1-16(2)32-29(39)26(36)22(13-17-11-12-31-27(17)37)34-28(38)25-19-8-5-4-7-18(19)15-35(25)30(40)23-14-20-21(33-23)9-6-10-24(20)41-3/h6,9-10,14,16-19,22,25,33H,4-5,7-8,11-13,15H2,1-3H3,(H,31,37)(H,32,39)(H,34,38)/t17-,18-,19-,22?,25-/m0/s1. The van der Waals surface area contributed by atoms with E-state index in [-0.39, 0.29) is 36.1 Å². The van der Waals surface area contributed by atoms with Crippen molar-refractivity contribution in [3.05, 3.63) is 30.0 Å². The van der Waals surface area contributed by atoms with Gasteiger partial charge in [0.25, 0.3) is 11.8 Å². The Hall–Kier alpha value is -3.89.